The second-order valence-corrected chi connectivity index (χ2v) is 8.59. The number of carboxylic acid groups (broad SMARTS) is 2. The zero-order chi connectivity index (χ0) is 25.7. The molecule has 1 saturated heterocycles. The molecular weight excluding hydrogens is 458 g/mol. The Hall–Kier alpha value is -3.93. The number of benzene rings is 1. The van der Waals surface area contributed by atoms with Crippen molar-refractivity contribution in [3.63, 3.8) is 0 Å². The van der Waals surface area contributed by atoms with Gasteiger partial charge in [0.05, 0.1) is 12.5 Å². The Balaban J connectivity index is 1.67. The molecule has 0 aliphatic carbocycles. The largest absolute Gasteiger partial charge is 0.481 e. The number of nitrogens with one attached hydrogen (secondary N) is 3. The molecule has 7 N–H and O–H groups in total. The van der Waals surface area contributed by atoms with Crippen LogP contribution in [-0.2, 0) is 30.4 Å². The number of rotatable bonds is 10. The SMILES string of the molecule is CC(NC(=O)C(CC(=O)O)NC(=O)C1CCCN1C(=O)C(N)Cc1c[nH]c2ccccc12)C(=O)O. The number of aromatic amines is 1. The molecule has 2 heterocycles. The molecule has 1 aliphatic rings. The van der Waals surface area contributed by atoms with E-state index in [4.69, 9.17) is 15.9 Å². The number of amides is 3. The summed E-state index contributed by atoms with van der Waals surface area (Å²) in [6, 6.07) is 3.00. The van der Waals surface area contributed by atoms with Crippen molar-refractivity contribution in [2.45, 2.75) is 56.8 Å². The molecule has 12 nitrogen and oxygen atoms in total. The van der Waals surface area contributed by atoms with E-state index in [1.54, 1.807) is 6.20 Å². The topological polar surface area (TPSA) is 195 Å². The molecule has 4 atom stereocenters. The maximum Gasteiger partial charge on any atom is 0.325 e. The predicted molar refractivity (Wildman–Crippen MR) is 124 cm³/mol. The van der Waals surface area contributed by atoms with Crippen LogP contribution in [0.15, 0.2) is 30.5 Å². The third kappa shape index (κ3) is 6.15. The van der Waals surface area contributed by atoms with Crippen LogP contribution in [0.25, 0.3) is 10.9 Å². The van der Waals surface area contributed by atoms with E-state index in [9.17, 15) is 24.0 Å². The van der Waals surface area contributed by atoms with Crippen molar-refractivity contribution >= 4 is 40.6 Å². The van der Waals surface area contributed by atoms with Gasteiger partial charge < -0.3 is 36.5 Å². The number of carbonyl (C=O) groups excluding carboxylic acids is 3. The van der Waals surface area contributed by atoms with Gasteiger partial charge in [0.1, 0.15) is 18.1 Å². The third-order valence-corrected chi connectivity index (χ3v) is 6.01. The summed E-state index contributed by atoms with van der Waals surface area (Å²) in [6.45, 7) is 1.51. The number of para-hydroxylation sites is 1. The molecule has 1 aromatic carbocycles. The molecular formula is C23H29N5O7. The number of nitrogens with two attached hydrogens (primary N) is 1. The molecule has 1 aromatic heterocycles. The van der Waals surface area contributed by atoms with Gasteiger partial charge in [-0.15, -0.1) is 0 Å². The smallest absolute Gasteiger partial charge is 0.325 e. The molecule has 35 heavy (non-hydrogen) atoms. The van der Waals surface area contributed by atoms with Crippen molar-refractivity contribution in [1.82, 2.24) is 20.5 Å². The zero-order valence-corrected chi connectivity index (χ0v) is 19.2. The number of H-pyrrole nitrogens is 1. The van der Waals surface area contributed by atoms with Gasteiger partial charge in [0.25, 0.3) is 0 Å². The number of carboxylic acids is 2. The number of carbonyl (C=O) groups is 5. The van der Waals surface area contributed by atoms with E-state index in [1.807, 2.05) is 24.3 Å². The molecule has 4 unspecified atom stereocenters. The van der Waals surface area contributed by atoms with Crippen molar-refractivity contribution in [2.75, 3.05) is 6.54 Å². The lowest BCUT2D eigenvalue weighted by Gasteiger charge is -2.28. The van der Waals surface area contributed by atoms with E-state index >= 15 is 0 Å². The van der Waals surface area contributed by atoms with E-state index in [1.165, 1.54) is 11.8 Å². The normalized spacial score (nSPS) is 18.0. The monoisotopic (exact) mass is 487 g/mol. The molecule has 188 valence electrons. The minimum atomic E-state index is -1.50. The van der Waals surface area contributed by atoms with Crippen molar-refractivity contribution in [3.8, 4) is 0 Å². The molecule has 1 aliphatic heterocycles. The van der Waals surface area contributed by atoms with Crippen molar-refractivity contribution in [1.29, 1.82) is 0 Å². The number of likely N-dealkylation sites (tertiary alicyclic amines) is 1. The van der Waals surface area contributed by atoms with Crippen LogP contribution >= 0.6 is 0 Å². The summed E-state index contributed by atoms with van der Waals surface area (Å²) < 4.78 is 0. The Morgan fingerprint density at radius 3 is 2.57 bits per heavy atom. The first-order chi connectivity index (χ1) is 16.6. The Bertz CT molecular complexity index is 1130. The summed E-state index contributed by atoms with van der Waals surface area (Å²) in [5.74, 6) is -4.72. The highest BCUT2D eigenvalue weighted by Gasteiger charge is 2.38. The number of hydrogen-bond acceptors (Lipinski definition) is 6. The van der Waals surface area contributed by atoms with Crippen molar-refractivity contribution in [3.05, 3.63) is 36.0 Å². The summed E-state index contributed by atoms with van der Waals surface area (Å²) in [7, 11) is 0. The van der Waals surface area contributed by atoms with Crippen LogP contribution in [0, 0.1) is 0 Å². The fraction of sp³-hybridized carbons (Fsp3) is 0.435. The van der Waals surface area contributed by atoms with Crippen molar-refractivity contribution in [2.24, 2.45) is 5.73 Å². The lowest BCUT2D eigenvalue weighted by atomic mass is 10.0. The van der Waals surface area contributed by atoms with Gasteiger partial charge in [-0.3, -0.25) is 24.0 Å². The van der Waals surface area contributed by atoms with Crippen LogP contribution in [0.5, 0.6) is 0 Å². The lowest BCUT2D eigenvalue weighted by Crippen LogP contribution is -2.56. The van der Waals surface area contributed by atoms with E-state index in [2.05, 4.69) is 15.6 Å². The first-order valence-corrected chi connectivity index (χ1v) is 11.2. The van der Waals surface area contributed by atoms with E-state index < -0.39 is 60.2 Å². The highest BCUT2D eigenvalue weighted by Crippen LogP contribution is 2.22. The van der Waals surface area contributed by atoms with Gasteiger partial charge in [-0.2, -0.15) is 0 Å². The summed E-state index contributed by atoms with van der Waals surface area (Å²) in [5.41, 5.74) is 7.99. The number of hydrogen-bond donors (Lipinski definition) is 6. The van der Waals surface area contributed by atoms with Gasteiger partial charge in [-0.1, -0.05) is 18.2 Å². The third-order valence-electron chi connectivity index (χ3n) is 6.01. The van der Waals surface area contributed by atoms with Gasteiger partial charge in [-0.05, 0) is 37.8 Å². The quantitative estimate of drug-likeness (QED) is 0.260. The zero-order valence-electron chi connectivity index (χ0n) is 19.2. The molecule has 3 amide bonds. The highest BCUT2D eigenvalue weighted by molar-refractivity contribution is 5.96. The van der Waals surface area contributed by atoms with Crippen LogP contribution in [0.4, 0.5) is 0 Å². The number of nitrogens with zero attached hydrogens (tertiary/aromatic N) is 1. The summed E-state index contributed by atoms with van der Waals surface area (Å²) in [5, 5.41) is 23.6. The van der Waals surface area contributed by atoms with E-state index in [-0.39, 0.29) is 6.42 Å². The Morgan fingerprint density at radius 1 is 1.17 bits per heavy atom. The molecule has 2 aromatic rings. The number of aliphatic carboxylic acids is 2. The number of aromatic nitrogens is 1. The predicted octanol–water partition coefficient (Wildman–Crippen LogP) is -0.422. The average Bonchev–Trinajstić information content (AvgIpc) is 3.45. The summed E-state index contributed by atoms with van der Waals surface area (Å²) in [6.07, 6.45) is 2.16. The van der Waals surface area contributed by atoms with Crippen LogP contribution in [-0.4, -0.2) is 80.5 Å². The average molecular weight is 488 g/mol. The lowest BCUT2D eigenvalue weighted by molar-refractivity contribution is -0.144. The summed E-state index contributed by atoms with van der Waals surface area (Å²) in [4.78, 5) is 65.2. The van der Waals surface area contributed by atoms with Crippen molar-refractivity contribution < 1.29 is 34.2 Å². The van der Waals surface area contributed by atoms with Gasteiger partial charge in [0.2, 0.25) is 17.7 Å². The van der Waals surface area contributed by atoms with E-state index in [0.29, 0.717) is 19.4 Å². The molecule has 3 rings (SSSR count). The second kappa shape index (κ2) is 11.0. The molecule has 12 heteroatoms. The maximum absolute atomic E-state index is 13.1. The molecule has 0 spiro atoms. The second-order valence-electron chi connectivity index (χ2n) is 8.59. The molecule has 0 saturated carbocycles. The van der Waals surface area contributed by atoms with Crippen LogP contribution in [0.1, 0.15) is 31.7 Å². The fourth-order valence-electron chi connectivity index (χ4n) is 4.17. The van der Waals surface area contributed by atoms with E-state index in [0.717, 1.165) is 16.5 Å². The van der Waals surface area contributed by atoms with Crippen LogP contribution in [0.3, 0.4) is 0 Å². The molecule has 0 bridgehead atoms. The number of fused-ring (bicyclic) bond motifs is 1. The maximum atomic E-state index is 13.1. The highest BCUT2D eigenvalue weighted by atomic mass is 16.4. The van der Waals surface area contributed by atoms with Gasteiger partial charge >= 0.3 is 11.9 Å². The minimum Gasteiger partial charge on any atom is -0.481 e. The van der Waals surface area contributed by atoms with Gasteiger partial charge in [0, 0.05) is 23.6 Å². The Labute approximate surface area is 200 Å². The van der Waals surface area contributed by atoms with Crippen LogP contribution < -0.4 is 16.4 Å². The van der Waals surface area contributed by atoms with Gasteiger partial charge in [-0.25, -0.2) is 0 Å². The Morgan fingerprint density at radius 2 is 1.89 bits per heavy atom. The Kier molecular flexibility index (Phi) is 8.07. The first-order valence-electron chi connectivity index (χ1n) is 11.2. The van der Waals surface area contributed by atoms with Gasteiger partial charge in [0.15, 0.2) is 0 Å². The molecule has 1 fully saturated rings. The first kappa shape index (κ1) is 25.7. The van der Waals surface area contributed by atoms with Crippen LogP contribution in [0.2, 0.25) is 0 Å². The minimum absolute atomic E-state index is 0.255. The molecule has 0 radical (unpaired) electrons. The summed E-state index contributed by atoms with van der Waals surface area (Å²) >= 11 is 0. The fourth-order valence-corrected chi connectivity index (χ4v) is 4.17. The standard InChI is InChI=1S/C23H29N5O7/c1-12(23(34)35)26-20(31)17(10-19(29)30)27-21(32)18-7-4-8-28(18)22(33)15(24)9-13-11-25-16-6-3-2-5-14(13)16/h2-3,5-6,11-12,15,17-18,25H,4,7-10,24H2,1H3,(H,26,31)(H,27,32)(H,29,30)(H,34,35).